The fourth-order valence-corrected chi connectivity index (χ4v) is 4.89. The van der Waals surface area contributed by atoms with Gasteiger partial charge in [0.2, 0.25) is 0 Å². The molecule has 1 aliphatic carbocycles. The number of allylic oxidation sites excluding steroid dienone is 1. The molecule has 4 aromatic rings. The van der Waals surface area contributed by atoms with Crippen LogP contribution in [0.2, 0.25) is 5.02 Å². The number of pyridine rings is 1. The Labute approximate surface area is 212 Å². The number of benzene rings is 2. The maximum atomic E-state index is 14.0. The van der Waals surface area contributed by atoms with E-state index >= 15 is 0 Å². The molecule has 5 rings (SSSR count). The summed E-state index contributed by atoms with van der Waals surface area (Å²) in [4.78, 5) is 16.5. The third-order valence-corrected chi connectivity index (χ3v) is 6.79. The lowest BCUT2D eigenvalue weighted by Crippen LogP contribution is -2.16. The average Bonchev–Trinajstić information content (AvgIpc) is 3.32. The van der Waals surface area contributed by atoms with Gasteiger partial charge in [-0.3, -0.25) is 4.40 Å². The molecule has 0 atom stereocenters. The lowest BCUT2D eigenvalue weighted by atomic mass is 9.72. The van der Waals surface area contributed by atoms with Crippen LogP contribution in [0, 0.1) is 23.1 Å². The van der Waals surface area contributed by atoms with E-state index in [-0.39, 0.29) is 10.9 Å². The molecule has 2 aromatic heterocycles. The first-order valence-electron chi connectivity index (χ1n) is 11.5. The molecule has 0 radical (unpaired) electrons. The number of hydrogen-bond acceptors (Lipinski definition) is 4. The van der Waals surface area contributed by atoms with Gasteiger partial charge < -0.3 is 4.74 Å². The van der Waals surface area contributed by atoms with Crippen molar-refractivity contribution in [2.75, 3.05) is 0 Å². The van der Waals surface area contributed by atoms with Gasteiger partial charge in [0.15, 0.2) is 0 Å². The zero-order valence-corrected chi connectivity index (χ0v) is 20.0. The lowest BCUT2D eigenvalue weighted by molar-refractivity contribution is -0.128. The Bertz CT molecular complexity index is 1580. The van der Waals surface area contributed by atoms with E-state index in [9.17, 15) is 14.4 Å². The quantitative estimate of drug-likeness (QED) is 0.126. The molecule has 0 spiro atoms. The minimum Gasteiger partial charge on any atom is -0.423 e. The lowest BCUT2D eigenvalue weighted by Gasteiger charge is -2.32. The van der Waals surface area contributed by atoms with Crippen LogP contribution < -0.4 is 4.74 Å². The summed E-state index contributed by atoms with van der Waals surface area (Å²) >= 11 is 6.61. The second-order valence-corrected chi connectivity index (χ2v) is 8.93. The number of nitrogens with zero attached hydrogens (tertiary/aromatic N) is 3. The topological polar surface area (TPSA) is 67.4 Å². The number of hydrogen-bond donors (Lipinski definition) is 0. The molecule has 0 bridgehead atoms. The van der Waals surface area contributed by atoms with Crippen LogP contribution in [0.5, 0.6) is 5.75 Å². The number of esters is 1. The van der Waals surface area contributed by atoms with Crippen molar-refractivity contribution in [3.8, 4) is 11.8 Å². The van der Waals surface area contributed by atoms with Crippen LogP contribution in [0.15, 0.2) is 79.6 Å². The van der Waals surface area contributed by atoms with Crippen molar-refractivity contribution in [2.24, 2.45) is 5.92 Å². The highest BCUT2D eigenvalue weighted by Crippen LogP contribution is 2.48. The van der Waals surface area contributed by atoms with Crippen LogP contribution in [-0.2, 0) is 4.79 Å². The zero-order valence-electron chi connectivity index (χ0n) is 19.2. The molecular formula is C29H21ClFN3O2. The van der Waals surface area contributed by atoms with Gasteiger partial charge in [-0.1, -0.05) is 48.9 Å². The number of fused-ring (bicyclic) bond motifs is 1. The summed E-state index contributed by atoms with van der Waals surface area (Å²) < 4.78 is 21.4. The Kier molecular flexibility index (Phi) is 6.41. The van der Waals surface area contributed by atoms with E-state index in [1.807, 2.05) is 24.3 Å². The molecule has 7 heteroatoms. The molecular weight excluding hydrogens is 477 g/mol. The van der Waals surface area contributed by atoms with E-state index in [0.29, 0.717) is 39.4 Å². The number of carbonyl (C=O) groups is 1. The Morgan fingerprint density at radius 3 is 2.64 bits per heavy atom. The van der Waals surface area contributed by atoms with Crippen molar-refractivity contribution in [2.45, 2.75) is 19.3 Å². The van der Waals surface area contributed by atoms with Crippen LogP contribution in [-0.4, -0.2) is 15.4 Å². The molecule has 1 aliphatic rings. The summed E-state index contributed by atoms with van der Waals surface area (Å²) in [6.07, 6.45) is 7.33. The normalized spacial score (nSPS) is 14.0. The van der Waals surface area contributed by atoms with Gasteiger partial charge in [-0.25, -0.2) is 14.2 Å². The SMILES string of the molecule is C=CC(=O)Oc1ccccc1/C(=C(/c1ccc(F)cc1Cl)C1CCC1)c1ccc2nccn2c1C#N. The van der Waals surface area contributed by atoms with E-state index in [0.717, 1.165) is 30.9 Å². The molecule has 0 saturated heterocycles. The van der Waals surface area contributed by atoms with Gasteiger partial charge in [0.25, 0.3) is 0 Å². The van der Waals surface area contributed by atoms with Gasteiger partial charge >= 0.3 is 5.97 Å². The van der Waals surface area contributed by atoms with E-state index in [4.69, 9.17) is 16.3 Å². The summed E-state index contributed by atoms with van der Waals surface area (Å²) in [6, 6.07) is 17.5. The Morgan fingerprint density at radius 1 is 1.17 bits per heavy atom. The van der Waals surface area contributed by atoms with Crippen LogP contribution in [0.1, 0.15) is 41.6 Å². The van der Waals surface area contributed by atoms with Crippen molar-refractivity contribution >= 4 is 34.4 Å². The predicted molar refractivity (Wildman–Crippen MR) is 137 cm³/mol. The number of aromatic nitrogens is 2. The highest BCUT2D eigenvalue weighted by molar-refractivity contribution is 6.33. The molecule has 0 aliphatic heterocycles. The van der Waals surface area contributed by atoms with Gasteiger partial charge in [0.1, 0.15) is 29.0 Å². The summed E-state index contributed by atoms with van der Waals surface area (Å²) in [5.74, 6) is -0.591. The first-order valence-corrected chi connectivity index (χ1v) is 11.9. The smallest absolute Gasteiger partial charge is 0.335 e. The van der Waals surface area contributed by atoms with Crippen molar-refractivity contribution in [1.29, 1.82) is 5.26 Å². The van der Waals surface area contributed by atoms with E-state index < -0.39 is 11.8 Å². The van der Waals surface area contributed by atoms with Crippen LogP contribution in [0.3, 0.4) is 0 Å². The molecule has 0 N–H and O–H groups in total. The maximum absolute atomic E-state index is 14.0. The van der Waals surface area contributed by atoms with E-state index in [1.165, 1.54) is 12.1 Å². The fourth-order valence-electron chi connectivity index (χ4n) is 4.62. The van der Waals surface area contributed by atoms with Gasteiger partial charge in [0.05, 0.1) is 5.02 Å². The summed E-state index contributed by atoms with van der Waals surface area (Å²) in [7, 11) is 0. The third-order valence-electron chi connectivity index (χ3n) is 6.48. The molecule has 5 nitrogen and oxygen atoms in total. The van der Waals surface area contributed by atoms with Crippen LogP contribution in [0.25, 0.3) is 16.8 Å². The summed E-state index contributed by atoms with van der Waals surface area (Å²) in [5.41, 5.74) is 4.51. The monoisotopic (exact) mass is 497 g/mol. The van der Waals surface area contributed by atoms with Crippen molar-refractivity contribution in [3.63, 3.8) is 0 Å². The number of para-hydroxylation sites is 1. The largest absolute Gasteiger partial charge is 0.423 e. The van der Waals surface area contributed by atoms with Crippen molar-refractivity contribution in [3.05, 3.63) is 113 Å². The number of nitriles is 1. The highest BCUT2D eigenvalue weighted by Gasteiger charge is 2.31. The Morgan fingerprint density at radius 2 is 1.94 bits per heavy atom. The Hall–Kier alpha value is -4.21. The molecule has 0 unspecified atom stereocenters. The van der Waals surface area contributed by atoms with Crippen LogP contribution in [0.4, 0.5) is 4.39 Å². The van der Waals surface area contributed by atoms with Gasteiger partial charge in [-0.15, -0.1) is 0 Å². The second kappa shape index (κ2) is 9.80. The van der Waals surface area contributed by atoms with Gasteiger partial charge in [0, 0.05) is 29.6 Å². The summed E-state index contributed by atoms with van der Waals surface area (Å²) in [5, 5.41) is 10.5. The number of halogens is 2. The number of ether oxygens (including phenoxy) is 1. The minimum atomic E-state index is -0.600. The average molecular weight is 498 g/mol. The molecule has 1 saturated carbocycles. The summed E-state index contributed by atoms with van der Waals surface area (Å²) in [6.45, 7) is 3.51. The first-order chi connectivity index (χ1) is 17.5. The molecule has 2 heterocycles. The second-order valence-electron chi connectivity index (χ2n) is 8.52. The third kappa shape index (κ3) is 4.19. The maximum Gasteiger partial charge on any atom is 0.335 e. The molecule has 0 amide bonds. The Balaban J connectivity index is 1.91. The standard InChI is InChI=1S/C29H21ClFN3O2/c1-2-27(35)36-25-9-4-3-8-22(25)29(21-12-13-26-33-14-15-34(26)24(21)17-32)28(18-6-5-7-18)20-11-10-19(31)16-23(20)30/h2-4,8-16,18H,1,5-7H2/b29-28+. The van der Waals surface area contributed by atoms with Gasteiger partial charge in [-0.2, -0.15) is 5.26 Å². The van der Waals surface area contributed by atoms with Crippen LogP contribution >= 0.6 is 11.6 Å². The fraction of sp³-hybridized carbons (Fsp3) is 0.138. The molecule has 178 valence electrons. The van der Waals surface area contributed by atoms with Crippen molar-refractivity contribution < 1.29 is 13.9 Å². The molecule has 1 fully saturated rings. The minimum absolute atomic E-state index is 0.121. The highest BCUT2D eigenvalue weighted by atomic mass is 35.5. The zero-order chi connectivity index (χ0) is 25.2. The number of rotatable bonds is 6. The van der Waals surface area contributed by atoms with E-state index in [2.05, 4.69) is 17.6 Å². The molecule has 36 heavy (non-hydrogen) atoms. The molecule has 2 aromatic carbocycles. The number of carbonyl (C=O) groups excluding carboxylic acids is 1. The predicted octanol–water partition coefficient (Wildman–Crippen LogP) is 6.85. The van der Waals surface area contributed by atoms with Crippen molar-refractivity contribution in [1.82, 2.24) is 9.38 Å². The number of imidazole rings is 1. The van der Waals surface area contributed by atoms with Gasteiger partial charge in [-0.05, 0) is 65.8 Å². The van der Waals surface area contributed by atoms with E-state index in [1.54, 1.807) is 35.0 Å². The first kappa shape index (κ1) is 23.5.